The predicted molar refractivity (Wildman–Crippen MR) is 63.2 cm³/mol. The van der Waals surface area contributed by atoms with Crippen LogP contribution in [0, 0.1) is 13.8 Å². The molecule has 78 valence electrons. The van der Waals surface area contributed by atoms with Gasteiger partial charge < -0.3 is 5.32 Å². The van der Waals surface area contributed by atoms with E-state index in [9.17, 15) is 0 Å². The number of rotatable bonds is 3. The SMILES string of the molecule is Cc1ncccc1NCc1scnc1C. The topological polar surface area (TPSA) is 37.8 Å². The Balaban J connectivity index is 2.06. The molecule has 0 radical (unpaired) electrons. The van der Waals surface area contributed by atoms with Crippen LogP contribution in [0.1, 0.15) is 16.3 Å². The van der Waals surface area contributed by atoms with Crippen LogP contribution in [0.15, 0.2) is 23.8 Å². The lowest BCUT2D eigenvalue weighted by molar-refractivity contribution is 1.10. The molecule has 0 aliphatic carbocycles. The molecule has 2 aromatic heterocycles. The lowest BCUT2D eigenvalue weighted by atomic mass is 10.3. The fourth-order valence-corrected chi connectivity index (χ4v) is 2.06. The number of hydrogen-bond acceptors (Lipinski definition) is 4. The molecule has 0 aliphatic rings. The van der Waals surface area contributed by atoms with E-state index in [2.05, 4.69) is 15.3 Å². The molecule has 2 aromatic rings. The lowest BCUT2D eigenvalue weighted by Gasteiger charge is -2.07. The summed E-state index contributed by atoms with van der Waals surface area (Å²) in [5, 5.41) is 3.36. The van der Waals surface area contributed by atoms with Crippen molar-refractivity contribution in [2.75, 3.05) is 5.32 Å². The van der Waals surface area contributed by atoms with E-state index in [1.807, 2.05) is 31.5 Å². The lowest BCUT2D eigenvalue weighted by Crippen LogP contribution is -2.01. The molecule has 0 aliphatic heterocycles. The molecule has 2 heterocycles. The van der Waals surface area contributed by atoms with Crippen LogP contribution in [0.25, 0.3) is 0 Å². The van der Waals surface area contributed by atoms with Crippen LogP contribution >= 0.6 is 11.3 Å². The summed E-state index contributed by atoms with van der Waals surface area (Å²) < 4.78 is 0. The summed E-state index contributed by atoms with van der Waals surface area (Å²) in [5.41, 5.74) is 5.10. The maximum atomic E-state index is 4.23. The minimum absolute atomic E-state index is 0.822. The van der Waals surface area contributed by atoms with E-state index in [4.69, 9.17) is 0 Å². The molecule has 0 unspecified atom stereocenters. The minimum Gasteiger partial charge on any atom is -0.379 e. The molecule has 0 amide bonds. The largest absolute Gasteiger partial charge is 0.379 e. The van der Waals surface area contributed by atoms with Crippen LogP contribution in [0.2, 0.25) is 0 Å². The Kier molecular flexibility index (Phi) is 2.97. The third-order valence-electron chi connectivity index (χ3n) is 2.29. The van der Waals surface area contributed by atoms with Crippen molar-refractivity contribution < 1.29 is 0 Å². The Morgan fingerprint density at radius 3 is 2.80 bits per heavy atom. The zero-order valence-corrected chi connectivity index (χ0v) is 9.64. The standard InChI is InChI=1S/C11H13N3S/c1-8-10(4-3-5-12-8)13-6-11-9(2)14-7-15-11/h3-5,7,13H,6H2,1-2H3. The monoisotopic (exact) mass is 219 g/mol. The minimum atomic E-state index is 0.822. The van der Waals surface area contributed by atoms with Gasteiger partial charge in [-0.25, -0.2) is 4.98 Å². The number of nitrogens with zero attached hydrogens (tertiary/aromatic N) is 2. The molecule has 4 heteroatoms. The van der Waals surface area contributed by atoms with E-state index in [-0.39, 0.29) is 0 Å². The Morgan fingerprint density at radius 1 is 1.27 bits per heavy atom. The molecular formula is C11H13N3S. The van der Waals surface area contributed by atoms with Gasteiger partial charge in [-0.3, -0.25) is 4.98 Å². The number of hydrogen-bond donors (Lipinski definition) is 1. The second-order valence-corrected chi connectivity index (χ2v) is 4.29. The molecule has 0 fully saturated rings. The molecular weight excluding hydrogens is 206 g/mol. The van der Waals surface area contributed by atoms with Crippen LogP contribution in [-0.2, 0) is 6.54 Å². The zero-order chi connectivity index (χ0) is 10.7. The normalized spacial score (nSPS) is 10.3. The average molecular weight is 219 g/mol. The van der Waals surface area contributed by atoms with Crippen molar-refractivity contribution >= 4 is 17.0 Å². The van der Waals surface area contributed by atoms with Gasteiger partial charge in [0.2, 0.25) is 0 Å². The van der Waals surface area contributed by atoms with E-state index < -0.39 is 0 Å². The first-order chi connectivity index (χ1) is 7.27. The van der Waals surface area contributed by atoms with Crippen LogP contribution in [-0.4, -0.2) is 9.97 Å². The quantitative estimate of drug-likeness (QED) is 0.862. The number of aromatic nitrogens is 2. The summed E-state index contributed by atoms with van der Waals surface area (Å²) >= 11 is 1.68. The van der Waals surface area contributed by atoms with Crippen molar-refractivity contribution in [2.24, 2.45) is 0 Å². The van der Waals surface area contributed by atoms with Crippen molar-refractivity contribution in [1.82, 2.24) is 9.97 Å². The van der Waals surface area contributed by atoms with Gasteiger partial charge >= 0.3 is 0 Å². The van der Waals surface area contributed by atoms with Crippen LogP contribution < -0.4 is 5.32 Å². The van der Waals surface area contributed by atoms with Gasteiger partial charge in [0.05, 0.1) is 29.1 Å². The predicted octanol–water partition coefficient (Wildman–Crippen LogP) is 2.77. The van der Waals surface area contributed by atoms with Crippen molar-refractivity contribution in [3.05, 3.63) is 40.1 Å². The molecule has 0 saturated heterocycles. The Hall–Kier alpha value is -1.42. The summed E-state index contributed by atoms with van der Waals surface area (Å²) in [6.07, 6.45) is 1.80. The number of thiazole rings is 1. The third-order valence-corrected chi connectivity index (χ3v) is 3.23. The van der Waals surface area contributed by atoms with Gasteiger partial charge in [-0.2, -0.15) is 0 Å². The highest BCUT2D eigenvalue weighted by atomic mass is 32.1. The second-order valence-electron chi connectivity index (χ2n) is 3.35. The van der Waals surface area contributed by atoms with Crippen LogP contribution in [0.5, 0.6) is 0 Å². The van der Waals surface area contributed by atoms with E-state index >= 15 is 0 Å². The van der Waals surface area contributed by atoms with Crippen molar-refractivity contribution in [3.63, 3.8) is 0 Å². The van der Waals surface area contributed by atoms with Gasteiger partial charge in [0, 0.05) is 11.1 Å². The average Bonchev–Trinajstić information content (AvgIpc) is 2.63. The van der Waals surface area contributed by atoms with Crippen molar-refractivity contribution in [1.29, 1.82) is 0 Å². The Morgan fingerprint density at radius 2 is 2.13 bits per heavy atom. The van der Waals surface area contributed by atoms with E-state index in [0.717, 1.165) is 23.6 Å². The first-order valence-corrected chi connectivity index (χ1v) is 5.70. The summed E-state index contributed by atoms with van der Waals surface area (Å²) in [7, 11) is 0. The maximum Gasteiger partial charge on any atom is 0.0798 e. The summed E-state index contributed by atoms with van der Waals surface area (Å²) in [5.74, 6) is 0. The highest BCUT2D eigenvalue weighted by molar-refractivity contribution is 7.09. The van der Waals surface area contributed by atoms with Gasteiger partial charge in [-0.05, 0) is 26.0 Å². The third kappa shape index (κ3) is 2.33. The van der Waals surface area contributed by atoms with Gasteiger partial charge in [-0.1, -0.05) is 0 Å². The molecule has 0 atom stereocenters. The maximum absolute atomic E-state index is 4.23. The Labute approximate surface area is 93.2 Å². The van der Waals surface area contributed by atoms with Gasteiger partial charge in [0.25, 0.3) is 0 Å². The molecule has 0 saturated carbocycles. The number of aryl methyl sites for hydroxylation is 2. The fraction of sp³-hybridized carbons (Fsp3) is 0.273. The zero-order valence-electron chi connectivity index (χ0n) is 8.82. The van der Waals surface area contributed by atoms with Gasteiger partial charge in [-0.15, -0.1) is 11.3 Å². The molecule has 0 bridgehead atoms. The molecule has 2 rings (SSSR count). The highest BCUT2D eigenvalue weighted by Gasteiger charge is 2.02. The highest BCUT2D eigenvalue weighted by Crippen LogP contribution is 2.16. The summed E-state index contributed by atoms with van der Waals surface area (Å²) in [4.78, 5) is 9.72. The van der Waals surface area contributed by atoms with E-state index in [0.29, 0.717) is 0 Å². The molecule has 3 nitrogen and oxygen atoms in total. The van der Waals surface area contributed by atoms with Crippen molar-refractivity contribution in [3.8, 4) is 0 Å². The second kappa shape index (κ2) is 4.40. The van der Waals surface area contributed by atoms with Crippen molar-refractivity contribution in [2.45, 2.75) is 20.4 Å². The van der Waals surface area contributed by atoms with Crippen LogP contribution in [0.4, 0.5) is 5.69 Å². The molecule has 1 N–H and O–H groups in total. The smallest absolute Gasteiger partial charge is 0.0798 e. The fourth-order valence-electron chi connectivity index (χ4n) is 1.34. The Bertz CT molecular complexity index is 451. The molecule has 0 spiro atoms. The van der Waals surface area contributed by atoms with E-state index in [1.54, 1.807) is 17.5 Å². The molecule has 0 aromatic carbocycles. The summed E-state index contributed by atoms with van der Waals surface area (Å²) in [6, 6.07) is 3.98. The number of nitrogens with one attached hydrogen (secondary N) is 1. The van der Waals surface area contributed by atoms with Gasteiger partial charge in [0.15, 0.2) is 0 Å². The van der Waals surface area contributed by atoms with Gasteiger partial charge in [0.1, 0.15) is 0 Å². The van der Waals surface area contributed by atoms with Crippen LogP contribution in [0.3, 0.4) is 0 Å². The molecule has 15 heavy (non-hydrogen) atoms. The summed E-state index contributed by atoms with van der Waals surface area (Å²) in [6.45, 7) is 4.86. The van der Waals surface area contributed by atoms with E-state index in [1.165, 1.54) is 4.88 Å². The number of anilines is 1. The first-order valence-electron chi connectivity index (χ1n) is 4.82. The number of pyridine rings is 1. The first kappa shape index (κ1) is 10.1.